The first-order chi connectivity index (χ1) is 21.0. The summed E-state index contributed by atoms with van der Waals surface area (Å²) >= 11 is 0. The van der Waals surface area contributed by atoms with Gasteiger partial charge in [0.2, 0.25) is 11.8 Å². The Morgan fingerprint density at radius 2 is 1.64 bits per heavy atom. The Hall–Kier alpha value is -4.22. The standard InChI is InChI=1S/C32H43N5O7/c1-5-42-31(41)37-19-17-36(18-20-37)30(40)24(15-16-27(38)44-32(2,3)4)34-29(39)25-21-26(43-23-13-9-10-14-23)35-28(33-25)22-11-7-6-8-12-22/h6-8,11-12,21,23-24H,5,9-10,13-20H2,1-4H3,(H,34,39). The van der Waals surface area contributed by atoms with Gasteiger partial charge in [0.05, 0.1) is 6.61 Å². The van der Waals surface area contributed by atoms with Gasteiger partial charge in [-0.3, -0.25) is 14.4 Å². The van der Waals surface area contributed by atoms with Crippen LogP contribution in [-0.4, -0.2) is 94.2 Å². The second kappa shape index (κ2) is 15.0. The number of hydrogen-bond acceptors (Lipinski definition) is 9. The van der Waals surface area contributed by atoms with Gasteiger partial charge in [0.1, 0.15) is 23.4 Å². The predicted octanol–water partition coefficient (Wildman–Crippen LogP) is 3.99. The van der Waals surface area contributed by atoms with Gasteiger partial charge in [-0.1, -0.05) is 30.3 Å². The summed E-state index contributed by atoms with van der Waals surface area (Å²) in [7, 11) is 0. The molecule has 12 nitrogen and oxygen atoms in total. The lowest BCUT2D eigenvalue weighted by atomic mass is 10.1. The maximum absolute atomic E-state index is 13.7. The average Bonchev–Trinajstić information content (AvgIpc) is 3.51. The van der Waals surface area contributed by atoms with Crippen LogP contribution in [0.2, 0.25) is 0 Å². The quantitative estimate of drug-likeness (QED) is 0.396. The summed E-state index contributed by atoms with van der Waals surface area (Å²) in [5.74, 6) is -0.795. The topological polar surface area (TPSA) is 140 Å². The van der Waals surface area contributed by atoms with Crippen molar-refractivity contribution in [2.24, 2.45) is 0 Å². The number of esters is 1. The minimum Gasteiger partial charge on any atom is -0.474 e. The van der Waals surface area contributed by atoms with E-state index in [1.807, 2.05) is 30.3 Å². The number of hydrogen-bond donors (Lipinski definition) is 1. The normalized spacial score (nSPS) is 16.3. The summed E-state index contributed by atoms with van der Waals surface area (Å²) in [4.78, 5) is 64.3. The summed E-state index contributed by atoms with van der Waals surface area (Å²) < 4.78 is 16.7. The zero-order valence-corrected chi connectivity index (χ0v) is 26.0. The molecule has 0 radical (unpaired) electrons. The van der Waals surface area contributed by atoms with Gasteiger partial charge < -0.3 is 29.3 Å². The van der Waals surface area contributed by atoms with Crippen LogP contribution in [-0.2, 0) is 19.1 Å². The van der Waals surface area contributed by atoms with Gasteiger partial charge in [-0.15, -0.1) is 0 Å². The Bertz CT molecular complexity index is 1300. The first-order valence-electron chi connectivity index (χ1n) is 15.4. The molecule has 1 aliphatic heterocycles. The number of carbonyl (C=O) groups excluding carboxylic acids is 4. The number of nitrogens with one attached hydrogen (secondary N) is 1. The maximum atomic E-state index is 13.7. The molecule has 2 aromatic rings. The van der Waals surface area contributed by atoms with Crippen LogP contribution in [0, 0.1) is 0 Å². The van der Waals surface area contributed by atoms with E-state index in [-0.39, 0.29) is 50.2 Å². The summed E-state index contributed by atoms with van der Waals surface area (Å²) in [6.45, 7) is 8.42. The molecule has 12 heteroatoms. The fourth-order valence-electron chi connectivity index (χ4n) is 5.18. The number of aromatic nitrogens is 2. The molecule has 2 heterocycles. The monoisotopic (exact) mass is 609 g/mol. The molecule has 1 N–H and O–H groups in total. The third-order valence-corrected chi connectivity index (χ3v) is 7.33. The molecular weight excluding hydrogens is 566 g/mol. The van der Waals surface area contributed by atoms with E-state index in [2.05, 4.69) is 15.3 Å². The third-order valence-electron chi connectivity index (χ3n) is 7.33. The van der Waals surface area contributed by atoms with E-state index in [4.69, 9.17) is 14.2 Å². The van der Waals surface area contributed by atoms with E-state index >= 15 is 0 Å². The lowest BCUT2D eigenvalue weighted by molar-refractivity contribution is -0.155. The Balaban J connectivity index is 1.54. The Morgan fingerprint density at radius 1 is 0.977 bits per heavy atom. The predicted molar refractivity (Wildman–Crippen MR) is 162 cm³/mol. The molecule has 238 valence electrons. The van der Waals surface area contributed by atoms with Gasteiger partial charge >= 0.3 is 12.1 Å². The van der Waals surface area contributed by atoms with Crippen molar-refractivity contribution >= 4 is 23.9 Å². The van der Waals surface area contributed by atoms with Crippen LogP contribution >= 0.6 is 0 Å². The number of amides is 3. The number of nitrogens with zero attached hydrogens (tertiary/aromatic N) is 4. The molecule has 3 amide bonds. The second-order valence-corrected chi connectivity index (χ2v) is 12.0. The van der Waals surface area contributed by atoms with Crippen LogP contribution in [0.15, 0.2) is 36.4 Å². The maximum Gasteiger partial charge on any atom is 0.409 e. The van der Waals surface area contributed by atoms with Crippen LogP contribution in [0.3, 0.4) is 0 Å². The van der Waals surface area contributed by atoms with Crippen molar-refractivity contribution < 1.29 is 33.4 Å². The highest BCUT2D eigenvalue weighted by molar-refractivity contribution is 5.96. The smallest absolute Gasteiger partial charge is 0.409 e. The van der Waals surface area contributed by atoms with Crippen LogP contribution in [0.5, 0.6) is 5.88 Å². The zero-order valence-electron chi connectivity index (χ0n) is 26.0. The van der Waals surface area contributed by atoms with Gasteiger partial charge in [-0.05, 0) is 59.8 Å². The Morgan fingerprint density at radius 3 is 2.27 bits per heavy atom. The van der Waals surface area contributed by atoms with Crippen LogP contribution < -0.4 is 10.1 Å². The molecule has 2 aliphatic rings. The molecule has 0 bridgehead atoms. The van der Waals surface area contributed by atoms with Crippen molar-refractivity contribution in [2.75, 3.05) is 32.8 Å². The third kappa shape index (κ3) is 9.39. The van der Waals surface area contributed by atoms with Crippen LogP contribution in [0.4, 0.5) is 4.79 Å². The summed E-state index contributed by atoms with van der Waals surface area (Å²) in [5, 5.41) is 2.81. The lowest BCUT2D eigenvalue weighted by Crippen LogP contribution is -2.56. The van der Waals surface area contributed by atoms with E-state index in [1.54, 1.807) is 37.5 Å². The minimum absolute atomic E-state index is 0.0147. The molecule has 1 unspecified atom stereocenters. The Kier molecular flexibility index (Phi) is 11.1. The molecule has 0 spiro atoms. The fourth-order valence-corrected chi connectivity index (χ4v) is 5.18. The lowest BCUT2D eigenvalue weighted by Gasteiger charge is -2.36. The highest BCUT2D eigenvalue weighted by Crippen LogP contribution is 2.25. The summed E-state index contributed by atoms with van der Waals surface area (Å²) in [5.41, 5.74) is 0.0813. The number of carbonyl (C=O) groups is 4. The van der Waals surface area contributed by atoms with Crippen molar-refractivity contribution in [1.82, 2.24) is 25.1 Å². The molecule has 1 atom stereocenters. The number of piperazine rings is 1. The summed E-state index contributed by atoms with van der Waals surface area (Å²) in [6.07, 6.45) is 3.51. The molecule has 1 aromatic heterocycles. The van der Waals surface area contributed by atoms with Crippen LogP contribution in [0.1, 0.15) is 76.7 Å². The van der Waals surface area contributed by atoms with Crippen molar-refractivity contribution in [1.29, 1.82) is 0 Å². The largest absolute Gasteiger partial charge is 0.474 e. The summed E-state index contributed by atoms with van der Waals surface area (Å²) in [6, 6.07) is 9.75. The molecule has 1 saturated carbocycles. The molecule has 1 saturated heterocycles. The number of rotatable bonds is 10. The minimum atomic E-state index is -1.03. The first kappa shape index (κ1) is 32.7. The van der Waals surface area contributed by atoms with Gasteiger partial charge in [0.25, 0.3) is 5.91 Å². The van der Waals surface area contributed by atoms with Crippen molar-refractivity contribution in [3.05, 3.63) is 42.1 Å². The van der Waals surface area contributed by atoms with E-state index in [1.165, 1.54) is 6.07 Å². The van der Waals surface area contributed by atoms with Crippen molar-refractivity contribution in [3.63, 3.8) is 0 Å². The van der Waals surface area contributed by atoms with E-state index in [9.17, 15) is 19.2 Å². The number of benzene rings is 1. The van der Waals surface area contributed by atoms with Gasteiger partial charge in [0.15, 0.2) is 5.82 Å². The van der Waals surface area contributed by atoms with E-state index < -0.39 is 29.6 Å². The molecular formula is C32H43N5O7. The molecule has 2 fully saturated rings. The number of ether oxygens (including phenoxy) is 3. The second-order valence-electron chi connectivity index (χ2n) is 12.0. The SMILES string of the molecule is CCOC(=O)N1CCN(C(=O)C(CCC(=O)OC(C)(C)C)NC(=O)c2cc(OC3CCCC3)nc(-c3ccccc3)n2)CC1. The average molecular weight is 610 g/mol. The van der Waals surface area contributed by atoms with Gasteiger partial charge in [-0.2, -0.15) is 4.98 Å². The van der Waals surface area contributed by atoms with Gasteiger partial charge in [0, 0.05) is 44.2 Å². The van der Waals surface area contributed by atoms with E-state index in [0.717, 1.165) is 31.2 Å². The fraction of sp³-hybridized carbons (Fsp3) is 0.562. The highest BCUT2D eigenvalue weighted by atomic mass is 16.6. The van der Waals surface area contributed by atoms with Gasteiger partial charge in [-0.25, -0.2) is 9.78 Å². The molecule has 44 heavy (non-hydrogen) atoms. The molecule has 1 aliphatic carbocycles. The zero-order chi connectivity index (χ0) is 31.7. The van der Waals surface area contributed by atoms with E-state index in [0.29, 0.717) is 24.8 Å². The first-order valence-corrected chi connectivity index (χ1v) is 15.4. The van der Waals surface area contributed by atoms with Crippen molar-refractivity contribution in [3.8, 4) is 17.3 Å². The Labute approximate surface area is 258 Å². The molecule has 4 rings (SSSR count). The molecule has 1 aromatic carbocycles. The highest BCUT2D eigenvalue weighted by Gasteiger charge is 2.32. The van der Waals surface area contributed by atoms with Crippen molar-refractivity contribution in [2.45, 2.75) is 84.0 Å². The van der Waals surface area contributed by atoms with Crippen LogP contribution in [0.25, 0.3) is 11.4 Å².